The van der Waals surface area contributed by atoms with Crippen LogP contribution in [0.3, 0.4) is 0 Å². The molecule has 0 aliphatic rings. The fourth-order valence-corrected chi connectivity index (χ4v) is 2.63. The van der Waals surface area contributed by atoms with Gasteiger partial charge < -0.3 is 20.3 Å². The lowest BCUT2D eigenvalue weighted by Crippen LogP contribution is -2.40. The van der Waals surface area contributed by atoms with Gasteiger partial charge in [-0.05, 0) is 42.0 Å². The van der Waals surface area contributed by atoms with E-state index < -0.39 is 0 Å². The van der Waals surface area contributed by atoms with Crippen molar-refractivity contribution in [1.29, 1.82) is 0 Å². The lowest BCUT2D eigenvalue weighted by molar-refractivity contribution is -0.127. The van der Waals surface area contributed by atoms with Crippen LogP contribution in [0.25, 0.3) is 10.8 Å². The molecule has 1 amide bonds. The lowest BCUT2D eigenvalue weighted by atomic mass is 10.1. The molecule has 0 spiro atoms. The predicted octanol–water partition coefficient (Wildman–Crippen LogP) is 2.62. The third-order valence-electron chi connectivity index (χ3n) is 3.65. The number of halogens is 1. The van der Waals surface area contributed by atoms with Crippen LogP contribution in [-0.2, 0) is 4.79 Å². The van der Waals surface area contributed by atoms with Gasteiger partial charge in [0, 0.05) is 25.1 Å². The van der Waals surface area contributed by atoms with Gasteiger partial charge in [0.1, 0.15) is 18.9 Å². The zero-order chi connectivity index (χ0) is 18.9. The highest BCUT2D eigenvalue weighted by Crippen LogP contribution is 2.23. The number of carbonyl (C=O) groups excluding carboxylic acids is 1. The van der Waals surface area contributed by atoms with E-state index in [0.717, 1.165) is 27.5 Å². The Hall–Kier alpha value is -2.28. The average molecular weight is 421 g/mol. The van der Waals surface area contributed by atoms with Crippen LogP contribution in [0.2, 0.25) is 0 Å². The number of ether oxygens (including phenoxy) is 1. The number of carbonyl (C=O) groups is 1. The molecule has 0 heterocycles. The Bertz CT molecular complexity index is 777. The van der Waals surface area contributed by atoms with Gasteiger partial charge in [-0.15, -0.1) is 0 Å². The summed E-state index contributed by atoms with van der Waals surface area (Å²) in [4.78, 5) is 17.4. The number of likely N-dealkylation sites (N-methyl/N-ethyl adjacent to an activating group) is 1. The van der Waals surface area contributed by atoms with Crippen molar-refractivity contribution >= 4 is 38.6 Å². The predicted molar refractivity (Wildman–Crippen MR) is 110 cm³/mol. The van der Waals surface area contributed by atoms with Crippen molar-refractivity contribution < 1.29 is 9.53 Å². The maximum Gasteiger partial charge on any atom is 0.243 e. The number of aliphatic imine (C=N–C) groups is 1. The lowest BCUT2D eigenvalue weighted by Gasteiger charge is -2.13. The van der Waals surface area contributed by atoms with Crippen LogP contribution in [0, 0.1) is 0 Å². The summed E-state index contributed by atoms with van der Waals surface area (Å²) in [5.41, 5.74) is 0. The fourth-order valence-electron chi connectivity index (χ4n) is 2.25. The second-order valence-corrected chi connectivity index (χ2v) is 6.83. The minimum Gasteiger partial charge on any atom is -0.492 e. The maximum absolute atomic E-state index is 11.6. The first-order valence-electron chi connectivity index (χ1n) is 8.54. The van der Waals surface area contributed by atoms with E-state index in [1.165, 1.54) is 4.90 Å². The van der Waals surface area contributed by atoms with Crippen LogP contribution in [-0.4, -0.2) is 57.1 Å². The molecule has 0 aromatic heterocycles. The largest absolute Gasteiger partial charge is 0.492 e. The number of nitrogens with one attached hydrogen (secondary N) is 2. The van der Waals surface area contributed by atoms with Crippen LogP contribution in [0.1, 0.15) is 6.92 Å². The van der Waals surface area contributed by atoms with Crippen LogP contribution in [0.5, 0.6) is 5.75 Å². The molecule has 2 N–H and O–H groups in total. The van der Waals surface area contributed by atoms with Crippen LogP contribution in [0.15, 0.2) is 45.9 Å². The standard InChI is InChI=1S/C19H25BrN4O2/c1-4-21-19(23-13-18(25)24(2)3)22-9-10-26-17-8-6-14-11-16(20)7-5-15(14)12-17/h5-8,11-12H,4,9-10,13H2,1-3H3,(H2,21,22,23). The third kappa shape index (κ3) is 6.22. The fraction of sp³-hybridized carbons (Fsp3) is 0.368. The van der Waals surface area contributed by atoms with Crippen molar-refractivity contribution in [3.05, 3.63) is 40.9 Å². The van der Waals surface area contributed by atoms with Crippen LogP contribution in [0.4, 0.5) is 0 Å². The second-order valence-electron chi connectivity index (χ2n) is 5.91. The van der Waals surface area contributed by atoms with Gasteiger partial charge in [-0.2, -0.15) is 0 Å². The Kier molecular flexibility index (Phi) is 7.72. The van der Waals surface area contributed by atoms with E-state index in [1.54, 1.807) is 14.1 Å². The first-order chi connectivity index (χ1) is 12.5. The third-order valence-corrected chi connectivity index (χ3v) is 4.15. The number of benzene rings is 2. The Labute approximate surface area is 162 Å². The first kappa shape index (κ1) is 20.0. The summed E-state index contributed by atoms with van der Waals surface area (Å²) in [6.45, 7) is 3.90. The molecule has 0 unspecified atom stereocenters. The summed E-state index contributed by atoms with van der Waals surface area (Å²) in [6, 6.07) is 12.2. The van der Waals surface area contributed by atoms with Crippen molar-refractivity contribution in [1.82, 2.24) is 15.5 Å². The SMILES string of the molecule is CCNC(=NCC(=O)N(C)C)NCCOc1ccc2cc(Br)ccc2c1. The summed E-state index contributed by atoms with van der Waals surface area (Å²) in [7, 11) is 3.43. The highest BCUT2D eigenvalue weighted by Gasteiger charge is 2.04. The molecule has 2 aromatic rings. The maximum atomic E-state index is 11.6. The van der Waals surface area contributed by atoms with Gasteiger partial charge in [0.2, 0.25) is 5.91 Å². The molecule has 26 heavy (non-hydrogen) atoms. The van der Waals surface area contributed by atoms with Crippen molar-refractivity contribution in [3.8, 4) is 5.75 Å². The molecule has 6 nitrogen and oxygen atoms in total. The number of hydrogen-bond acceptors (Lipinski definition) is 3. The minimum absolute atomic E-state index is 0.0405. The van der Waals surface area contributed by atoms with Crippen LogP contribution < -0.4 is 15.4 Å². The number of fused-ring (bicyclic) bond motifs is 1. The molecule has 0 aliphatic heterocycles. The molecular weight excluding hydrogens is 396 g/mol. The van der Waals surface area contributed by atoms with Crippen molar-refractivity contribution in [2.75, 3.05) is 40.3 Å². The molecule has 0 saturated heterocycles. The Morgan fingerprint density at radius 3 is 2.62 bits per heavy atom. The molecule has 140 valence electrons. The van der Waals surface area contributed by atoms with E-state index >= 15 is 0 Å². The first-order valence-corrected chi connectivity index (χ1v) is 9.33. The summed E-state index contributed by atoms with van der Waals surface area (Å²) in [5.74, 6) is 1.39. The van der Waals surface area contributed by atoms with E-state index in [0.29, 0.717) is 19.1 Å². The molecule has 0 aliphatic carbocycles. The van der Waals surface area contributed by atoms with E-state index in [9.17, 15) is 4.79 Å². The number of rotatable bonds is 7. The number of hydrogen-bond donors (Lipinski definition) is 2. The molecule has 0 atom stereocenters. The molecule has 7 heteroatoms. The topological polar surface area (TPSA) is 66.0 Å². The Morgan fingerprint density at radius 1 is 1.15 bits per heavy atom. The molecule has 2 aromatic carbocycles. The van der Waals surface area contributed by atoms with Crippen molar-refractivity contribution in [3.63, 3.8) is 0 Å². The molecule has 2 rings (SSSR count). The van der Waals surface area contributed by atoms with Crippen LogP contribution >= 0.6 is 15.9 Å². The summed E-state index contributed by atoms with van der Waals surface area (Å²) in [5, 5.41) is 8.58. The van der Waals surface area contributed by atoms with Gasteiger partial charge in [-0.3, -0.25) is 4.79 Å². The quantitative estimate of drug-likeness (QED) is 0.410. The number of amides is 1. The zero-order valence-electron chi connectivity index (χ0n) is 15.4. The molecule has 0 fully saturated rings. The van der Waals surface area contributed by atoms with Crippen molar-refractivity contribution in [2.45, 2.75) is 6.92 Å². The van der Waals surface area contributed by atoms with E-state index in [4.69, 9.17) is 4.74 Å². The zero-order valence-corrected chi connectivity index (χ0v) is 17.0. The second kappa shape index (κ2) is 10.0. The smallest absolute Gasteiger partial charge is 0.243 e. The summed E-state index contributed by atoms with van der Waals surface area (Å²) < 4.78 is 6.87. The molecule has 0 bridgehead atoms. The van der Waals surface area contributed by atoms with Gasteiger partial charge in [0.05, 0.1) is 6.54 Å². The monoisotopic (exact) mass is 420 g/mol. The van der Waals surface area contributed by atoms with E-state index in [1.807, 2.05) is 31.2 Å². The minimum atomic E-state index is -0.0405. The van der Waals surface area contributed by atoms with Gasteiger partial charge in [0.25, 0.3) is 0 Å². The van der Waals surface area contributed by atoms with Gasteiger partial charge in [-0.1, -0.05) is 28.1 Å². The van der Waals surface area contributed by atoms with Crippen molar-refractivity contribution in [2.24, 2.45) is 4.99 Å². The molecule has 0 saturated carbocycles. The molecule has 0 radical (unpaired) electrons. The highest BCUT2D eigenvalue weighted by atomic mass is 79.9. The van der Waals surface area contributed by atoms with Gasteiger partial charge in [-0.25, -0.2) is 4.99 Å². The average Bonchev–Trinajstić information content (AvgIpc) is 2.62. The highest BCUT2D eigenvalue weighted by molar-refractivity contribution is 9.10. The van der Waals surface area contributed by atoms with Gasteiger partial charge >= 0.3 is 0 Å². The Balaban J connectivity index is 1.84. The number of guanidine groups is 1. The Morgan fingerprint density at radius 2 is 1.88 bits per heavy atom. The van der Waals surface area contributed by atoms with Gasteiger partial charge in [0.15, 0.2) is 5.96 Å². The van der Waals surface area contributed by atoms with E-state index in [2.05, 4.69) is 43.7 Å². The molecular formula is C19H25BrN4O2. The number of nitrogens with zero attached hydrogens (tertiary/aromatic N) is 2. The summed E-state index contributed by atoms with van der Waals surface area (Å²) in [6.07, 6.45) is 0. The van der Waals surface area contributed by atoms with E-state index in [-0.39, 0.29) is 12.5 Å². The summed E-state index contributed by atoms with van der Waals surface area (Å²) >= 11 is 3.48. The normalized spacial score (nSPS) is 11.3.